The molecule has 15 aliphatic rings. The molecule has 9 saturated carbocycles. The van der Waals surface area contributed by atoms with Crippen LogP contribution in [-0.2, 0) is 28.8 Å². The average Bonchev–Trinajstić information content (AvgIpc) is 0.714. The van der Waals surface area contributed by atoms with Gasteiger partial charge in [0.1, 0.15) is 70.2 Å². The Labute approximate surface area is 872 Å². The van der Waals surface area contributed by atoms with E-state index >= 15 is 0 Å². The van der Waals surface area contributed by atoms with E-state index in [0.717, 1.165) is 170 Å². The highest BCUT2D eigenvalue weighted by molar-refractivity contribution is 6.32. The van der Waals surface area contributed by atoms with Gasteiger partial charge in [-0.3, -0.25) is 59.3 Å². The van der Waals surface area contributed by atoms with Gasteiger partial charge in [-0.2, -0.15) is 19.2 Å². The Balaban J connectivity index is 0.000000137. The summed E-state index contributed by atoms with van der Waals surface area (Å²) < 4.78 is 55.1. The topological polar surface area (TPSA) is 281 Å². The van der Waals surface area contributed by atoms with Gasteiger partial charge in [-0.05, 0) is 347 Å². The molecule has 8 bridgehead atoms. The summed E-state index contributed by atoms with van der Waals surface area (Å²) in [6.45, 7) is 15.9. The number of aliphatic hydroxyl groups is 1. The Morgan fingerprint density at radius 3 is 1.05 bits per heavy atom. The van der Waals surface area contributed by atoms with Gasteiger partial charge in [-0.25, -0.2) is 17.6 Å². The number of aliphatic imine (C=N–C) groups is 4. The lowest BCUT2D eigenvalue weighted by molar-refractivity contribution is -0.193. The second-order valence-corrected chi connectivity index (χ2v) is 43.4. The van der Waals surface area contributed by atoms with E-state index in [1.54, 1.807) is 62.9 Å². The summed E-state index contributed by atoms with van der Waals surface area (Å²) >= 11 is 25.8. The fourth-order valence-corrected chi connectivity index (χ4v) is 26.9. The molecule has 10 heterocycles. The van der Waals surface area contributed by atoms with E-state index in [1.165, 1.54) is 171 Å². The largest absolute Gasteiger partial charge is 0.373 e. The van der Waals surface area contributed by atoms with Gasteiger partial charge in [-0.15, -0.1) is 12.8 Å². The highest BCUT2D eigenvalue weighted by atomic mass is 35.5. The first-order valence-corrected chi connectivity index (χ1v) is 52.6. The molecule has 762 valence electrons. The average molecular weight is 2060 g/mol. The van der Waals surface area contributed by atoms with Gasteiger partial charge >= 0.3 is 12.3 Å². The minimum absolute atomic E-state index is 0.0350. The summed E-state index contributed by atoms with van der Waals surface area (Å²) in [5.41, 5.74) is 12.4. The molecule has 22 nitrogen and oxygen atoms in total. The van der Waals surface area contributed by atoms with Crippen LogP contribution in [0.4, 0.5) is 17.6 Å². The number of allylic oxidation sites excluding steroid dienone is 2. The summed E-state index contributed by atoms with van der Waals surface area (Å²) in [6.07, 6.45) is 48.5. The molecule has 0 amide bonds. The molecule has 23 rings (SSSR count). The third-order valence-corrected chi connectivity index (χ3v) is 33.3. The summed E-state index contributed by atoms with van der Waals surface area (Å²) in [5.74, 6) is 12.0. The van der Waals surface area contributed by atoms with Gasteiger partial charge in [0, 0.05) is 142 Å². The number of likely N-dealkylation sites (tertiary alicyclic amines) is 1. The van der Waals surface area contributed by atoms with E-state index in [2.05, 4.69) is 74.7 Å². The van der Waals surface area contributed by atoms with Crippen molar-refractivity contribution in [2.45, 2.75) is 212 Å². The number of Topliss-reactive ketones (excluding diaryl/α,β-unsaturated/α-hetero) is 2. The van der Waals surface area contributed by atoms with Gasteiger partial charge in [0.2, 0.25) is 0 Å². The SMILES string of the molecule is C#CC(O)(C#C)C1CCN(CC2=C(C)C(c3ccc(F)cc3Cl)N=C(c3ccccn3)N2)CC1.CC(=O)C1=C(CCC23CC4CC(CC(C4)C2)C3)NC(c2ccccn2)=NC1c1ccc(F)cc1Cl.CC(=O)C1=C(CCCC23CC4CC(CC(C4)C2)C3)NC(c2ccccn2)=NC1c1ccc(F)cc1Cl.CC1=C(CN2CCN(CC3CCCCC3)CC2)NC(c2ccccn2)=NC1c1ccc(F)cc1Cl.O=C=O.O=C=O. The first-order valence-electron chi connectivity index (χ1n) is 51.1. The lowest BCUT2D eigenvalue weighted by Gasteiger charge is -2.57. The summed E-state index contributed by atoms with van der Waals surface area (Å²) in [4.78, 5) is 104. The van der Waals surface area contributed by atoms with Crippen LogP contribution in [0.25, 0.3) is 0 Å². The number of carbonyl (C=O) groups excluding carboxylic acids is 6. The van der Waals surface area contributed by atoms with E-state index in [9.17, 15) is 32.3 Å². The smallest absolute Gasteiger partial charge is 0.367 e. The van der Waals surface area contributed by atoms with Crippen molar-refractivity contribution >= 4 is 93.6 Å². The highest BCUT2D eigenvalue weighted by Crippen LogP contribution is 2.64. The van der Waals surface area contributed by atoms with Crippen molar-refractivity contribution in [2.24, 2.45) is 78.1 Å². The number of hydrogen-bond acceptors (Lipinski definition) is 22. The molecule has 9 aliphatic carbocycles. The maximum Gasteiger partial charge on any atom is 0.373 e. The Morgan fingerprint density at radius 1 is 0.418 bits per heavy atom. The van der Waals surface area contributed by atoms with Crippen LogP contribution < -0.4 is 21.3 Å². The number of nitrogens with one attached hydrogen (secondary N) is 4. The Bertz CT molecular complexity index is 6380. The molecule has 4 unspecified atom stereocenters. The maximum absolute atomic E-state index is 13.8. The molecule has 5 N–H and O–H groups in total. The van der Waals surface area contributed by atoms with Crippen LogP contribution in [0.3, 0.4) is 0 Å². The molecule has 0 radical (unpaired) electrons. The second kappa shape index (κ2) is 48.9. The Kier molecular flexibility index (Phi) is 35.9. The molecule has 4 atom stereocenters. The van der Waals surface area contributed by atoms with Crippen LogP contribution in [0.5, 0.6) is 0 Å². The van der Waals surface area contributed by atoms with Crippen LogP contribution in [0.2, 0.25) is 20.1 Å². The number of ketones is 2. The van der Waals surface area contributed by atoms with E-state index in [1.807, 2.05) is 79.7 Å². The summed E-state index contributed by atoms with van der Waals surface area (Å²) in [7, 11) is 0. The number of rotatable bonds is 24. The predicted molar refractivity (Wildman–Crippen MR) is 559 cm³/mol. The highest BCUT2D eigenvalue weighted by Gasteiger charge is 2.53. The molecule has 8 aromatic rings. The fraction of sp³-hybridized carbons (Fsp3) is 0.448. The van der Waals surface area contributed by atoms with E-state index in [4.69, 9.17) is 98.4 Å². The van der Waals surface area contributed by atoms with E-state index in [-0.39, 0.29) is 63.6 Å². The zero-order valence-electron chi connectivity index (χ0n) is 82.9. The molecule has 11 fully saturated rings. The molecular formula is C116H125Cl4F4N15O7. The van der Waals surface area contributed by atoms with Crippen LogP contribution in [0.1, 0.15) is 251 Å². The van der Waals surface area contributed by atoms with Gasteiger partial charge in [0.25, 0.3) is 0 Å². The predicted octanol–water partition coefficient (Wildman–Crippen LogP) is 22.2. The number of terminal acetylenes is 2. The Hall–Kier alpha value is -11.7. The van der Waals surface area contributed by atoms with Crippen molar-refractivity contribution in [2.75, 3.05) is 58.9 Å². The molecule has 2 saturated heterocycles. The zero-order valence-corrected chi connectivity index (χ0v) is 85.9. The second-order valence-electron chi connectivity index (χ2n) is 41.8. The number of piperidine rings is 1. The summed E-state index contributed by atoms with van der Waals surface area (Å²) in [6, 6.07) is 38.6. The van der Waals surface area contributed by atoms with Crippen molar-refractivity contribution < 1.29 is 51.4 Å². The lowest BCUT2D eigenvalue weighted by Crippen LogP contribution is -2.49. The minimum atomic E-state index is -1.51. The number of aromatic nitrogens is 4. The number of pyridine rings is 4. The third-order valence-electron chi connectivity index (χ3n) is 32.0. The third kappa shape index (κ3) is 26.1. The number of nitrogens with zero attached hydrogens (tertiary/aromatic N) is 11. The quantitative estimate of drug-likeness (QED) is 0.0278. The van der Waals surface area contributed by atoms with Gasteiger partial charge in [-0.1, -0.05) is 126 Å². The monoisotopic (exact) mass is 2060 g/mol. The number of hydrogen-bond donors (Lipinski definition) is 5. The van der Waals surface area contributed by atoms with Crippen molar-refractivity contribution in [1.82, 2.24) is 55.9 Å². The lowest BCUT2D eigenvalue weighted by atomic mass is 9.48. The molecule has 30 heteroatoms. The first kappa shape index (κ1) is 107. The normalized spacial score (nSPS) is 25.3. The van der Waals surface area contributed by atoms with Crippen molar-refractivity contribution in [3.05, 3.63) is 304 Å². The summed E-state index contributed by atoms with van der Waals surface area (Å²) in [5, 5.41) is 25.8. The number of benzene rings is 4. The standard InChI is InChI=1S/C30H33ClFN3O.C29H31ClFN3O.C28H35ClFN5.C27H26ClFN4O.2CO2/c1-18(36)27-25(6-4-9-30-15-19-11-20(16-30)13-21(12-19)17-30)34-29(26-5-2-3-10-33-26)35-28(27)23-8-7-22(32)14-24(23)31;1-17(35)26-24(7-8-29-14-18-10-19(15-29)12-20(11-18)16-29)33-28(25-4-2-3-9-32-25)34-27(26)22-6-5-21(31)13-23(22)30;1-20-26(19-35-15-13-34(14-16-35)18-21-7-3-2-4-8-21)32-28(25-9-5-6-12-31-25)33-27(20)23-11-10-22(30)17-24(23)29;1-4-27(34,5-2)19-11-14-33(15-12-19)17-24-18(3)25(21-10-9-20(29)16-22(21)28)32-26(31-24)23-8-6-7-13-30-23;2*2-1-3/h2-3,5,7-8,10,14,19-21,28H,4,6,9,11-13,15-17H2,1H3,(H,34,35);2-6,9,13,18-20,27H,7-8,10-12,14-16H2,1H3,(H,33,34);5-6,9-12,17,21,27H,2-4,7-8,13-16,18-19H2,1H3,(H,32,33);1-2,6-10,13,16,19,25,34H,11-12,14-15,17H2,3H3,(H,31,32);;. The minimum Gasteiger partial charge on any atom is -0.367 e. The fourth-order valence-electron chi connectivity index (χ4n) is 25.9. The molecular weight excluding hydrogens is 1930 g/mol. The Morgan fingerprint density at radius 2 is 0.726 bits per heavy atom. The van der Waals surface area contributed by atoms with Crippen LogP contribution >= 0.6 is 46.4 Å². The van der Waals surface area contributed by atoms with Gasteiger partial charge in [0.15, 0.2) is 40.5 Å². The van der Waals surface area contributed by atoms with Crippen molar-refractivity contribution in [3.63, 3.8) is 0 Å². The number of halogens is 8. The zero-order chi connectivity index (χ0) is 103. The van der Waals surface area contributed by atoms with Crippen LogP contribution in [-0.4, -0.2) is 151 Å². The van der Waals surface area contributed by atoms with E-state index in [0.29, 0.717) is 97.1 Å². The van der Waals surface area contributed by atoms with E-state index < -0.39 is 29.3 Å². The van der Waals surface area contributed by atoms with Crippen molar-refractivity contribution in [1.29, 1.82) is 0 Å². The molecule has 4 aromatic heterocycles. The van der Waals surface area contributed by atoms with Crippen LogP contribution in [0, 0.1) is 106 Å². The molecule has 4 aromatic carbocycles. The first-order chi connectivity index (χ1) is 70.5. The number of carbonyl (C=O) groups is 2. The van der Waals surface area contributed by atoms with Crippen molar-refractivity contribution in [3.8, 4) is 24.7 Å². The molecule has 6 aliphatic heterocycles. The molecule has 146 heavy (non-hydrogen) atoms. The molecule has 0 spiro atoms. The van der Waals surface area contributed by atoms with Gasteiger partial charge in [0.05, 0.1) is 0 Å². The number of piperazine rings is 1. The van der Waals surface area contributed by atoms with Gasteiger partial charge < -0.3 is 31.3 Å². The van der Waals surface area contributed by atoms with Crippen LogP contribution in [0.15, 0.2) is 235 Å². The maximum atomic E-state index is 13.8. The number of amidine groups is 4.